The van der Waals surface area contributed by atoms with Gasteiger partial charge in [-0.1, -0.05) is 6.07 Å². The second-order valence-electron chi connectivity index (χ2n) is 5.10. The van der Waals surface area contributed by atoms with Gasteiger partial charge in [-0.05, 0) is 49.1 Å². The van der Waals surface area contributed by atoms with E-state index in [1.807, 2.05) is 6.92 Å². The number of carbonyl (C=O) groups is 1. The van der Waals surface area contributed by atoms with E-state index < -0.39 is 5.82 Å². The van der Waals surface area contributed by atoms with Crippen LogP contribution in [-0.2, 0) is 0 Å². The van der Waals surface area contributed by atoms with Gasteiger partial charge in [-0.25, -0.2) is 4.39 Å². The van der Waals surface area contributed by atoms with Crippen molar-refractivity contribution in [2.75, 3.05) is 0 Å². The van der Waals surface area contributed by atoms with Crippen LogP contribution in [0.2, 0.25) is 0 Å². The first-order valence-corrected chi connectivity index (χ1v) is 6.67. The highest BCUT2D eigenvalue weighted by Gasteiger charge is 2.26. The second-order valence-corrected chi connectivity index (χ2v) is 5.10. The van der Waals surface area contributed by atoms with E-state index in [4.69, 9.17) is 0 Å². The van der Waals surface area contributed by atoms with E-state index in [1.54, 1.807) is 36.7 Å². The summed E-state index contributed by atoms with van der Waals surface area (Å²) in [6, 6.07) is 7.03. The molecule has 1 aliphatic rings. The maximum atomic E-state index is 14.7. The lowest BCUT2D eigenvalue weighted by Crippen LogP contribution is -2.26. The van der Waals surface area contributed by atoms with Gasteiger partial charge in [-0.2, -0.15) is 0 Å². The number of nitrogens with zero attached hydrogens (tertiary/aromatic N) is 1. The Kier molecular flexibility index (Phi) is 3.22. The SMILES string of the molecule is Cc1ccc(C(=O)NC2CC2)c(F)c1-c1ccncc1. The van der Waals surface area contributed by atoms with Gasteiger partial charge in [0.15, 0.2) is 0 Å². The molecule has 0 radical (unpaired) electrons. The molecule has 0 unspecified atom stereocenters. The van der Waals surface area contributed by atoms with Gasteiger partial charge in [0.1, 0.15) is 5.82 Å². The second kappa shape index (κ2) is 5.04. The molecule has 0 spiro atoms. The molecule has 0 atom stereocenters. The quantitative estimate of drug-likeness (QED) is 0.931. The minimum absolute atomic E-state index is 0.106. The van der Waals surface area contributed by atoms with Crippen molar-refractivity contribution in [3.8, 4) is 11.1 Å². The molecule has 1 aromatic carbocycles. The van der Waals surface area contributed by atoms with Crippen LogP contribution in [0.3, 0.4) is 0 Å². The maximum Gasteiger partial charge on any atom is 0.254 e. The van der Waals surface area contributed by atoms with Gasteiger partial charge >= 0.3 is 0 Å². The van der Waals surface area contributed by atoms with Gasteiger partial charge in [-0.15, -0.1) is 0 Å². The van der Waals surface area contributed by atoms with Crippen molar-refractivity contribution in [1.29, 1.82) is 0 Å². The van der Waals surface area contributed by atoms with Gasteiger partial charge in [0, 0.05) is 24.0 Å². The van der Waals surface area contributed by atoms with Crippen molar-refractivity contribution in [1.82, 2.24) is 10.3 Å². The van der Waals surface area contributed by atoms with Gasteiger partial charge in [0.2, 0.25) is 0 Å². The van der Waals surface area contributed by atoms with E-state index in [0.29, 0.717) is 5.56 Å². The Morgan fingerprint density at radius 1 is 1.25 bits per heavy atom. The van der Waals surface area contributed by atoms with Crippen LogP contribution in [-0.4, -0.2) is 16.9 Å². The molecule has 1 aliphatic carbocycles. The number of halogens is 1. The number of pyridine rings is 1. The van der Waals surface area contributed by atoms with Gasteiger partial charge in [-0.3, -0.25) is 9.78 Å². The molecule has 0 saturated heterocycles. The van der Waals surface area contributed by atoms with E-state index in [9.17, 15) is 9.18 Å². The molecule has 1 N–H and O–H groups in total. The Morgan fingerprint density at radius 2 is 1.95 bits per heavy atom. The van der Waals surface area contributed by atoms with Crippen LogP contribution in [0.5, 0.6) is 0 Å². The molecule has 0 bridgehead atoms. The van der Waals surface area contributed by atoms with Crippen LogP contribution in [0.25, 0.3) is 11.1 Å². The van der Waals surface area contributed by atoms with Crippen molar-refractivity contribution < 1.29 is 9.18 Å². The molecule has 1 amide bonds. The number of aromatic nitrogens is 1. The first kappa shape index (κ1) is 12.8. The lowest BCUT2D eigenvalue weighted by atomic mass is 9.97. The predicted molar refractivity (Wildman–Crippen MR) is 74.9 cm³/mol. The highest BCUT2D eigenvalue weighted by Crippen LogP contribution is 2.29. The summed E-state index contributed by atoms with van der Waals surface area (Å²) in [5.41, 5.74) is 2.11. The molecule has 3 nitrogen and oxygen atoms in total. The summed E-state index contributed by atoms with van der Waals surface area (Å²) < 4.78 is 14.7. The Labute approximate surface area is 116 Å². The molecule has 1 heterocycles. The van der Waals surface area contributed by atoms with Gasteiger partial charge in [0.25, 0.3) is 5.91 Å². The van der Waals surface area contributed by atoms with E-state index in [0.717, 1.165) is 24.0 Å². The van der Waals surface area contributed by atoms with Crippen molar-refractivity contribution in [3.63, 3.8) is 0 Å². The summed E-state index contributed by atoms with van der Waals surface area (Å²) >= 11 is 0. The van der Waals surface area contributed by atoms with Crippen LogP contribution in [0.4, 0.5) is 4.39 Å². The molecule has 20 heavy (non-hydrogen) atoms. The van der Waals surface area contributed by atoms with Crippen molar-refractivity contribution in [2.45, 2.75) is 25.8 Å². The number of hydrogen-bond acceptors (Lipinski definition) is 2. The maximum absolute atomic E-state index is 14.7. The fourth-order valence-corrected chi connectivity index (χ4v) is 2.21. The number of nitrogens with one attached hydrogen (secondary N) is 1. The topological polar surface area (TPSA) is 42.0 Å². The van der Waals surface area contributed by atoms with E-state index in [-0.39, 0.29) is 17.5 Å². The van der Waals surface area contributed by atoms with Crippen molar-refractivity contribution in [3.05, 3.63) is 53.6 Å². The van der Waals surface area contributed by atoms with Crippen molar-refractivity contribution in [2.24, 2.45) is 0 Å². The van der Waals surface area contributed by atoms with Crippen LogP contribution < -0.4 is 5.32 Å². The number of rotatable bonds is 3. The molecule has 0 aliphatic heterocycles. The fraction of sp³-hybridized carbons (Fsp3) is 0.250. The van der Waals surface area contributed by atoms with Crippen LogP contribution in [0.15, 0.2) is 36.7 Å². The number of aryl methyl sites for hydroxylation is 1. The zero-order chi connectivity index (χ0) is 14.1. The fourth-order valence-electron chi connectivity index (χ4n) is 2.21. The van der Waals surface area contributed by atoms with Crippen molar-refractivity contribution >= 4 is 5.91 Å². The number of carbonyl (C=O) groups excluding carboxylic acids is 1. The molecule has 3 rings (SSSR count). The number of hydrogen-bond donors (Lipinski definition) is 1. The zero-order valence-electron chi connectivity index (χ0n) is 11.2. The third kappa shape index (κ3) is 2.41. The Morgan fingerprint density at radius 3 is 2.60 bits per heavy atom. The Bertz CT molecular complexity index is 651. The summed E-state index contributed by atoms with van der Waals surface area (Å²) in [5.74, 6) is -0.797. The molecule has 1 aromatic heterocycles. The summed E-state index contributed by atoms with van der Waals surface area (Å²) in [5, 5.41) is 2.82. The lowest BCUT2D eigenvalue weighted by molar-refractivity contribution is 0.0947. The van der Waals surface area contributed by atoms with E-state index >= 15 is 0 Å². The first-order valence-electron chi connectivity index (χ1n) is 6.67. The molecule has 1 fully saturated rings. The standard InChI is InChI=1S/C16H15FN2O/c1-10-2-5-13(16(20)19-12-3-4-12)15(17)14(10)11-6-8-18-9-7-11/h2,5-9,12H,3-4H2,1H3,(H,19,20). The molecule has 4 heteroatoms. The molecule has 1 saturated carbocycles. The van der Waals surface area contributed by atoms with Crippen LogP contribution in [0, 0.1) is 12.7 Å². The molecule has 2 aromatic rings. The summed E-state index contributed by atoms with van der Waals surface area (Å²) in [6.45, 7) is 1.83. The van der Waals surface area contributed by atoms with Crippen LogP contribution in [0.1, 0.15) is 28.8 Å². The summed E-state index contributed by atoms with van der Waals surface area (Å²) in [7, 11) is 0. The average Bonchev–Trinajstić information content (AvgIpc) is 3.24. The highest BCUT2D eigenvalue weighted by atomic mass is 19.1. The van der Waals surface area contributed by atoms with Crippen LogP contribution >= 0.6 is 0 Å². The molecular formula is C16H15FN2O. The van der Waals surface area contributed by atoms with Gasteiger partial charge in [0.05, 0.1) is 5.56 Å². The average molecular weight is 270 g/mol. The Hall–Kier alpha value is -2.23. The highest BCUT2D eigenvalue weighted by molar-refractivity contribution is 5.96. The number of benzene rings is 1. The number of amides is 1. The van der Waals surface area contributed by atoms with Gasteiger partial charge < -0.3 is 5.32 Å². The Balaban J connectivity index is 2.03. The minimum atomic E-state index is -0.464. The minimum Gasteiger partial charge on any atom is -0.349 e. The zero-order valence-corrected chi connectivity index (χ0v) is 11.2. The third-order valence-electron chi connectivity index (χ3n) is 3.48. The first-order chi connectivity index (χ1) is 9.66. The van der Waals surface area contributed by atoms with E-state index in [2.05, 4.69) is 10.3 Å². The normalized spacial score (nSPS) is 14.1. The van der Waals surface area contributed by atoms with E-state index in [1.165, 1.54) is 0 Å². The predicted octanol–water partition coefficient (Wildman–Crippen LogP) is 3.09. The summed E-state index contributed by atoms with van der Waals surface area (Å²) in [6.07, 6.45) is 5.20. The monoisotopic (exact) mass is 270 g/mol. The lowest BCUT2D eigenvalue weighted by Gasteiger charge is -2.11. The molecular weight excluding hydrogens is 255 g/mol. The third-order valence-corrected chi connectivity index (χ3v) is 3.48. The largest absolute Gasteiger partial charge is 0.349 e. The molecule has 102 valence electrons. The summed E-state index contributed by atoms with van der Waals surface area (Å²) in [4.78, 5) is 16.0. The smallest absolute Gasteiger partial charge is 0.254 e.